The smallest absolute Gasteiger partial charge is 0.354 e. The Morgan fingerprint density at radius 1 is 1.43 bits per heavy atom. The molecule has 0 saturated carbocycles. The van der Waals surface area contributed by atoms with Gasteiger partial charge in [-0.05, 0) is 18.6 Å². The van der Waals surface area contributed by atoms with E-state index in [1.165, 1.54) is 0 Å². The lowest BCUT2D eigenvalue weighted by Gasteiger charge is -2.06. The van der Waals surface area contributed by atoms with Crippen molar-refractivity contribution in [1.82, 2.24) is 9.88 Å². The van der Waals surface area contributed by atoms with Gasteiger partial charge in [0.25, 0.3) is 0 Å². The summed E-state index contributed by atoms with van der Waals surface area (Å²) in [5.74, 6) is 0. The molecule has 0 aliphatic rings. The second-order valence-corrected chi connectivity index (χ2v) is 3.07. The lowest BCUT2D eigenvalue weighted by molar-refractivity contribution is -0.125. The highest BCUT2D eigenvalue weighted by Crippen LogP contribution is 2.12. The van der Waals surface area contributed by atoms with Gasteiger partial charge < -0.3 is 9.88 Å². The summed E-state index contributed by atoms with van der Waals surface area (Å²) in [6, 6.07) is 1.81. The molecule has 5 heteroatoms. The minimum absolute atomic E-state index is 0.256. The molecule has 0 atom stereocenters. The van der Waals surface area contributed by atoms with Gasteiger partial charge in [0, 0.05) is 25.5 Å². The first-order chi connectivity index (χ1) is 6.51. The molecule has 0 fully saturated rings. The molecule has 2 nitrogen and oxygen atoms in total. The van der Waals surface area contributed by atoms with Gasteiger partial charge in [-0.1, -0.05) is 0 Å². The Hall–Kier alpha value is -0.970. The number of alkyl halides is 3. The molecule has 1 N–H and O–H groups in total. The molecule has 0 aliphatic heterocycles. The molecular weight excluding hydrogens is 193 g/mol. The second kappa shape index (κ2) is 4.50. The molecule has 0 saturated heterocycles. The quantitative estimate of drug-likeness (QED) is 0.798. The summed E-state index contributed by atoms with van der Waals surface area (Å²) in [5, 5.41) is 2.34. The average molecular weight is 206 g/mol. The lowest BCUT2D eigenvalue weighted by Crippen LogP contribution is -2.28. The molecule has 1 rings (SSSR count). The summed E-state index contributed by atoms with van der Waals surface area (Å²) in [4.78, 5) is 0. The zero-order valence-electron chi connectivity index (χ0n) is 7.93. The third-order valence-electron chi connectivity index (χ3n) is 1.83. The van der Waals surface area contributed by atoms with Gasteiger partial charge in [0.15, 0.2) is 0 Å². The minimum atomic E-state index is -4.13. The number of hydrogen-bond donors (Lipinski definition) is 1. The topological polar surface area (TPSA) is 17.0 Å². The number of aryl methyl sites for hydroxylation is 1. The third kappa shape index (κ3) is 3.83. The maximum absolute atomic E-state index is 11.8. The maximum atomic E-state index is 11.8. The summed E-state index contributed by atoms with van der Waals surface area (Å²) in [6.07, 6.45) is -0.443. The van der Waals surface area contributed by atoms with Crippen molar-refractivity contribution in [2.45, 2.75) is 26.2 Å². The molecule has 80 valence electrons. The number of nitrogens with one attached hydrogen (secondary N) is 1. The summed E-state index contributed by atoms with van der Waals surface area (Å²) in [7, 11) is 0. The molecular formula is C9H13F3N2. The van der Waals surface area contributed by atoms with Crippen LogP contribution in [0.1, 0.15) is 12.5 Å². The minimum Gasteiger partial charge on any atom is -0.354 e. The largest absolute Gasteiger partial charge is 0.401 e. The second-order valence-electron chi connectivity index (χ2n) is 3.07. The number of rotatable bonds is 4. The molecule has 14 heavy (non-hydrogen) atoms. The predicted octanol–water partition coefficient (Wildman–Crippen LogP) is 2.16. The summed E-state index contributed by atoms with van der Waals surface area (Å²) >= 11 is 0. The molecule has 0 radical (unpaired) electrons. The number of halogens is 3. The first-order valence-corrected chi connectivity index (χ1v) is 4.43. The van der Waals surface area contributed by atoms with Crippen LogP contribution >= 0.6 is 0 Å². The van der Waals surface area contributed by atoms with E-state index in [0.717, 1.165) is 12.1 Å². The zero-order chi connectivity index (χ0) is 10.6. The maximum Gasteiger partial charge on any atom is 0.401 e. The Balaban J connectivity index is 2.31. The molecule has 0 bridgehead atoms. The van der Waals surface area contributed by atoms with Gasteiger partial charge >= 0.3 is 6.18 Å². The van der Waals surface area contributed by atoms with Crippen LogP contribution in [-0.4, -0.2) is 17.3 Å². The number of hydrogen-bond acceptors (Lipinski definition) is 1. The highest BCUT2D eigenvalue weighted by Gasteiger charge is 2.25. The van der Waals surface area contributed by atoms with E-state index in [-0.39, 0.29) is 6.54 Å². The van der Waals surface area contributed by atoms with E-state index in [2.05, 4.69) is 5.32 Å². The molecule has 0 aromatic carbocycles. The van der Waals surface area contributed by atoms with Crippen molar-refractivity contribution in [3.05, 3.63) is 24.0 Å². The van der Waals surface area contributed by atoms with Crippen LogP contribution in [0.4, 0.5) is 13.2 Å². The van der Waals surface area contributed by atoms with Crippen molar-refractivity contribution in [3.8, 4) is 0 Å². The molecule has 0 amide bonds. The van der Waals surface area contributed by atoms with Crippen LogP contribution in [0.3, 0.4) is 0 Å². The summed E-state index contributed by atoms with van der Waals surface area (Å²) in [5.41, 5.74) is 0.871. The average Bonchev–Trinajstić information content (AvgIpc) is 2.50. The number of aromatic nitrogens is 1. The van der Waals surface area contributed by atoms with Crippen LogP contribution in [0.15, 0.2) is 18.5 Å². The summed E-state index contributed by atoms with van der Waals surface area (Å²) in [6.45, 7) is 2.13. The van der Waals surface area contributed by atoms with Crippen molar-refractivity contribution in [2.75, 3.05) is 6.54 Å². The van der Waals surface area contributed by atoms with Crippen molar-refractivity contribution in [3.63, 3.8) is 0 Å². The van der Waals surface area contributed by atoms with E-state index in [0.29, 0.717) is 0 Å². The molecule has 0 aliphatic carbocycles. The van der Waals surface area contributed by atoms with Crippen LogP contribution in [0, 0.1) is 0 Å². The SMILES string of the molecule is CCn1ccc(CNCC(F)(F)F)c1. The molecule has 0 spiro atoms. The summed E-state index contributed by atoms with van der Waals surface area (Å²) < 4.78 is 37.2. The van der Waals surface area contributed by atoms with E-state index in [9.17, 15) is 13.2 Å². The van der Waals surface area contributed by atoms with Gasteiger partial charge in [-0.3, -0.25) is 0 Å². The van der Waals surface area contributed by atoms with Gasteiger partial charge in [0.05, 0.1) is 6.54 Å². The van der Waals surface area contributed by atoms with Gasteiger partial charge in [0.1, 0.15) is 0 Å². The van der Waals surface area contributed by atoms with Crippen molar-refractivity contribution >= 4 is 0 Å². The first kappa shape index (κ1) is 11.1. The van der Waals surface area contributed by atoms with Crippen LogP contribution < -0.4 is 5.32 Å². The molecule has 1 aromatic rings. The van der Waals surface area contributed by atoms with E-state index in [4.69, 9.17) is 0 Å². The van der Waals surface area contributed by atoms with E-state index >= 15 is 0 Å². The van der Waals surface area contributed by atoms with Crippen LogP contribution in [0.25, 0.3) is 0 Å². The standard InChI is InChI=1S/C9H13F3N2/c1-2-14-4-3-8(6-14)5-13-7-9(10,11)12/h3-4,6,13H,2,5,7H2,1H3. The fraction of sp³-hybridized carbons (Fsp3) is 0.556. The van der Waals surface area contributed by atoms with Crippen LogP contribution in [0.2, 0.25) is 0 Å². The van der Waals surface area contributed by atoms with Gasteiger partial charge in [0.2, 0.25) is 0 Å². The Bertz CT molecular complexity index is 278. The van der Waals surface area contributed by atoms with Gasteiger partial charge in [-0.2, -0.15) is 13.2 Å². The molecule has 0 unspecified atom stereocenters. The highest BCUT2D eigenvalue weighted by atomic mass is 19.4. The Morgan fingerprint density at radius 3 is 2.64 bits per heavy atom. The predicted molar refractivity (Wildman–Crippen MR) is 47.9 cm³/mol. The van der Waals surface area contributed by atoms with E-state index in [1.807, 2.05) is 30.0 Å². The van der Waals surface area contributed by atoms with Crippen molar-refractivity contribution in [2.24, 2.45) is 0 Å². The Morgan fingerprint density at radius 2 is 2.14 bits per heavy atom. The third-order valence-corrected chi connectivity index (χ3v) is 1.83. The van der Waals surface area contributed by atoms with Gasteiger partial charge in [-0.15, -0.1) is 0 Å². The fourth-order valence-electron chi connectivity index (χ4n) is 1.14. The Labute approximate surface area is 80.7 Å². The van der Waals surface area contributed by atoms with Crippen molar-refractivity contribution < 1.29 is 13.2 Å². The van der Waals surface area contributed by atoms with E-state index in [1.54, 1.807) is 0 Å². The highest BCUT2D eigenvalue weighted by molar-refractivity contribution is 5.09. The molecule has 1 aromatic heterocycles. The van der Waals surface area contributed by atoms with Crippen LogP contribution in [0.5, 0.6) is 0 Å². The Kier molecular flexibility index (Phi) is 3.57. The first-order valence-electron chi connectivity index (χ1n) is 4.43. The van der Waals surface area contributed by atoms with Crippen molar-refractivity contribution in [1.29, 1.82) is 0 Å². The van der Waals surface area contributed by atoms with Gasteiger partial charge in [-0.25, -0.2) is 0 Å². The fourth-order valence-corrected chi connectivity index (χ4v) is 1.14. The zero-order valence-corrected chi connectivity index (χ0v) is 7.93. The number of nitrogens with zero attached hydrogens (tertiary/aromatic N) is 1. The monoisotopic (exact) mass is 206 g/mol. The molecule has 1 heterocycles. The normalized spacial score (nSPS) is 12.0. The van der Waals surface area contributed by atoms with E-state index < -0.39 is 12.7 Å². The lowest BCUT2D eigenvalue weighted by atomic mass is 10.3. The van der Waals surface area contributed by atoms with Crippen LogP contribution in [-0.2, 0) is 13.1 Å².